The van der Waals surface area contributed by atoms with Crippen LogP contribution >= 0.6 is 0 Å². The smallest absolute Gasteiger partial charge is 0.251 e. The second kappa shape index (κ2) is 9.48. The fourth-order valence-electron chi connectivity index (χ4n) is 4.00. The normalized spacial score (nSPS) is 17.5. The van der Waals surface area contributed by atoms with Crippen molar-refractivity contribution in [3.05, 3.63) is 64.1 Å². The molecule has 1 amide bonds. The maximum Gasteiger partial charge on any atom is 0.251 e. The number of carbonyl (C=O) groups is 2. The number of aldehydes is 1. The summed E-state index contributed by atoms with van der Waals surface area (Å²) in [6.07, 6.45) is 3.18. The quantitative estimate of drug-likeness (QED) is 0.439. The van der Waals surface area contributed by atoms with E-state index in [0.717, 1.165) is 25.8 Å². The molecule has 1 unspecified atom stereocenters. The Morgan fingerprint density at radius 2 is 2.03 bits per heavy atom. The van der Waals surface area contributed by atoms with Gasteiger partial charge in [0.1, 0.15) is 11.8 Å². The SMILES string of the molecule is CNc1cc(C(=O)NCC(CN2CCc3ccccc3C2)N=O)ccc1OC1(C=O)CC1. The van der Waals surface area contributed by atoms with E-state index in [1.54, 1.807) is 25.2 Å². The molecule has 0 aromatic heterocycles. The number of hydrogen-bond acceptors (Lipinski definition) is 7. The van der Waals surface area contributed by atoms with Gasteiger partial charge in [-0.2, -0.15) is 4.91 Å². The molecule has 2 N–H and O–H groups in total. The standard InChI is InChI=1S/C24H28N4O4/c1-25-21-12-18(6-7-22(21)32-24(16-29)9-10-24)23(30)26-13-20(27-31)15-28-11-8-17-4-2-3-5-19(17)14-28/h2-7,12,16,20,25H,8-11,13-15H2,1H3,(H,26,30). The van der Waals surface area contributed by atoms with Gasteiger partial charge in [-0.3, -0.25) is 14.5 Å². The van der Waals surface area contributed by atoms with Gasteiger partial charge in [0.25, 0.3) is 5.91 Å². The molecule has 1 fully saturated rings. The van der Waals surface area contributed by atoms with E-state index < -0.39 is 11.6 Å². The second-order valence-electron chi connectivity index (χ2n) is 8.47. The second-order valence-corrected chi connectivity index (χ2v) is 8.47. The molecule has 0 spiro atoms. The van der Waals surface area contributed by atoms with Crippen LogP contribution in [-0.2, 0) is 17.8 Å². The topological polar surface area (TPSA) is 100 Å². The molecule has 32 heavy (non-hydrogen) atoms. The Hall–Kier alpha value is -3.26. The third-order valence-corrected chi connectivity index (χ3v) is 6.11. The molecule has 2 aromatic rings. The van der Waals surface area contributed by atoms with E-state index in [-0.39, 0.29) is 12.5 Å². The molecule has 0 bridgehead atoms. The summed E-state index contributed by atoms with van der Waals surface area (Å²) in [6, 6.07) is 12.8. The molecule has 2 aromatic carbocycles. The highest BCUT2D eigenvalue weighted by Gasteiger charge is 2.46. The van der Waals surface area contributed by atoms with Crippen molar-refractivity contribution in [2.24, 2.45) is 5.18 Å². The van der Waals surface area contributed by atoms with Crippen molar-refractivity contribution in [2.75, 3.05) is 32.0 Å². The molecule has 1 atom stereocenters. The molecule has 0 radical (unpaired) electrons. The van der Waals surface area contributed by atoms with Gasteiger partial charge >= 0.3 is 0 Å². The minimum absolute atomic E-state index is 0.169. The summed E-state index contributed by atoms with van der Waals surface area (Å²) in [5.41, 5.74) is 2.96. The lowest BCUT2D eigenvalue weighted by Gasteiger charge is -2.30. The zero-order valence-corrected chi connectivity index (χ0v) is 18.2. The summed E-state index contributed by atoms with van der Waals surface area (Å²) >= 11 is 0. The third-order valence-electron chi connectivity index (χ3n) is 6.11. The molecular weight excluding hydrogens is 408 g/mol. The lowest BCUT2D eigenvalue weighted by Crippen LogP contribution is -2.41. The van der Waals surface area contributed by atoms with E-state index >= 15 is 0 Å². The molecule has 8 nitrogen and oxygen atoms in total. The van der Waals surface area contributed by atoms with E-state index in [0.29, 0.717) is 36.4 Å². The Kier molecular flexibility index (Phi) is 6.50. The number of benzene rings is 2. The minimum Gasteiger partial charge on any atom is -0.478 e. The molecule has 1 aliphatic heterocycles. The Bertz CT molecular complexity index is 1010. The molecule has 1 saturated carbocycles. The van der Waals surface area contributed by atoms with Crippen LogP contribution in [0.15, 0.2) is 47.6 Å². The van der Waals surface area contributed by atoms with Crippen LogP contribution in [0.5, 0.6) is 5.75 Å². The van der Waals surface area contributed by atoms with E-state index in [9.17, 15) is 14.5 Å². The molecule has 1 heterocycles. The molecular formula is C24H28N4O4. The highest BCUT2D eigenvalue weighted by Crippen LogP contribution is 2.40. The average Bonchev–Trinajstić information content (AvgIpc) is 3.61. The summed E-state index contributed by atoms with van der Waals surface area (Å²) in [5.74, 6) is 0.244. The summed E-state index contributed by atoms with van der Waals surface area (Å²) in [5, 5.41) is 9.06. The van der Waals surface area contributed by atoms with E-state index in [4.69, 9.17) is 4.74 Å². The minimum atomic E-state index is -0.729. The van der Waals surface area contributed by atoms with Gasteiger partial charge in [-0.1, -0.05) is 29.4 Å². The Morgan fingerprint density at radius 1 is 1.25 bits per heavy atom. The van der Waals surface area contributed by atoms with Crippen LogP contribution in [0, 0.1) is 4.91 Å². The number of nitroso groups, excluding NO2 is 1. The van der Waals surface area contributed by atoms with E-state index in [1.807, 2.05) is 12.1 Å². The zero-order chi connectivity index (χ0) is 22.6. The monoisotopic (exact) mass is 436 g/mol. The maximum atomic E-state index is 12.7. The van der Waals surface area contributed by atoms with Crippen LogP contribution in [-0.4, -0.2) is 55.4 Å². The van der Waals surface area contributed by atoms with Crippen molar-refractivity contribution in [1.29, 1.82) is 0 Å². The largest absolute Gasteiger partial charge is 0.478 e. The van der Waals surface area contributed by atoms with Gasteiger partial charge in [-0.05, 0) is 48.6 Å². The van der Waals surface area contributed by atoms with Gasteiger partial charge in [-0.25, -0.2) is 0 Å². The Labute approximate surface area is 187 Å². The predicted molar refractivity (Wildman–Crippen MR) is 122 cm³/mol. The summed E-state index contributed by atoms with van der Waals surface area (Å²) in [7, 11) is 1.73. The number of carbonyl (C=O) groups excluding carboxylic acids is 2. The highest BCUT2D eigenvalue weighted by molar-refractivity contribution is 5.95. The maximum absolute atomic E-state index is 12.7. The first-order valence-corrected chi connectivity index (χ1v) is 10.9. The van der Waals surface area contributed by atoms with E-state index in [2.05, 4.69) is 32.8 Å². The number of amides is 1. The van der Waals surface area contributed by atoms with Gasteiger partial charge < -0.3 is 15.4 Å². The molecule has 1 aliphatic carbocycles. The number of rotatable bonds is 10. The molecule has 2 aliphatic rings. The van der Waals surface area contributed by atoms with Gasteiger partial charge in [0, 0.05) is 38.8 Å². The van der Waals surface area contributed by atoms with Crippen molar-refractivity contribution in [2.45, 2.75) is 37.5 Å². The fourth-order valence-corrected chi connectivity index (χ4v) is 4.00. The van der Waals surface area contributed by atoms with Gasteiger partial charge in [0.2, 0.25) is 0 Å². The lowest BCUT2D eigenvalue weighted by atomic mass is 9.99. The van der Waals surface area contributed by atoms with Crippen LogP contribution < -0.4 is 15.4 Å². The number of anilines is 1. The van der Waals surface area contributed by atoms with Gasteiger partial charge in [0.05, 0.1) is 5.69 Å². The van der Waals surface area contributed by atoms with Crippen molar-refractivity contribution in [1.82, 2.24) is 10.2 Å². The lowest BCUT2D eigenvalue weighted by molar-refractivity contribution is -0.115. The number of nitrogens with one attached hydrogen (secondary N) is 2. The summed E-state index contributed by atoms with van der Waals surface area (Å²) in [6.45, 7) is 2.32. The van der Waals surface area contributed by atoms with Crippen LogP contribution in [0.2, 0.25) is 0 Å². The van der Waals surface area contributed by atoms with Crippen molar-refractivity contribution in [3.63, 3.8) is 0 Å². The van der Waals surface area contributed by atoms with Crippen molar-refractivity contribution < 1.29 is 14.3 Å². The first-order chi connectivity index (χ1) is 15.6. The molecule has 4 rings (SSSR count). The Balaban J connectivity index is 1.33. The molecule has 0 saturated heterocycles. The van der Waals surface area contributed by atoms with Crippen molar-refractivity contribution in [3.8, 4) is 5.75 Å². The zero-order valence-electron chi connectivity index (χ0n) is 18.2. The highest BCUT2D eigenvalue weighted by atomic mass is 16.5. The predicted octanol–water partition coefficient (Wildman–Crippen LogP) is 2.76. The summed E-state index contributed by atoms with van der Waals surface area (Å²) in [4.78, 5) is 37.5. The fraction of sp³-hybridized carbons (Fsp3) is 0.417. The van der Waals surface area contributed by atoms with Crippen LogP contribution in [0.25, 0.3) is 0 Å². The third kappa shape index (κ3) is 4.96. The van der Waals surface area contributed by atoms with Crippen LogP contribution in [0.1, 0.15) is 34.3 Å². The molecule has 8 heteroatoms. The van der Waals surface area contributed by atoms with Gasteiger partial charge in [0.15, 0.2) is 11.9 Å². The Morgan fingerprint density at radius 3 is 2.72 bits per heavy atom. The first kappa shape index (κ1) is 22.0. The first-order valence-electron chi connectivity index (χ1n) is 10.9. The number of hydrogen-bond donors (Lipinski definition) is 2. The van der Waals surface area contributed by atoms with E-state index in [1.165, 1.54) is 11.1 Å². The van der Waals surface area contributed by atoms with Crippen LogP contribution in [0.4, 0.5) is 5.69 Å². The van der Waals surface area contributed by atoms with Gasteiger partial charge in [-0.15, -0.1) is 0 Å². The van der Waals surface area contributed by atoms with Crippen LogP contribution in [0.3, 0.4) is 0 Å². The molecule has 168 valence electrons. The summed E-state index contributed by atoms with van der Waals surface area (Å²) < 4.78 is 5.82. The number of ether oxygens (including phenoxy) is 1. The number of nitrogens with zero attached hydrogens (tertiary/aromatic N) is 2. The van der Waals surface area contributed by atoms with Crippen molar-refractivity contribution >= 4 is 17.9 Å². The number of fused-ring (bicyclic) bond motifs is 1. The average molecular weight is 437 g/mol.